The molecule has 0 fully saturated rings. The minimum Gasteiger partial charge on any atom is -0.480 e. The number of carbonyl (C=O) groups is 2. The summed E-state index contributed by atoms with van der Waals surface area (Å²) < 4.78 is 13.5. The molecule has 5 nitrogen and oxygen atoms in total. The number of urea groups is 1. The molecule has 0 aliphatic carbocycles. The van der Waals surface area contributed by atoms with Gasteiger partial charge in [-0.2, -0.15) is 0 Å². The molecule has 0 heterocycles. The Hall–Kier alpha value is -2.11. The molecule has 0 saturated heterocycles. The van der Waals surface area contributed by atoms with Crippen LogP contribution < -0.4 is 10.6 Å². The molecular formula is C13H17FN2O3. The zero-order valence-electron chi connectivity index (χ0n) is 11.0. The van der Waals surface area contributed by atoms with Gasteiger partial charge in [0.1, 0.15) is 11.4 Å². The number of rotatable bonds is 4. The number of hydrogen-bond acceptors (Lipinski definition) is 2. The molecule has 3 N–H and O–H groups in total. The van der Waals surface area contributed by atoms with Gasteiger partial charge in [0.2, 0.25) is 0 Å². The van der Waals surface area contributed by atoms with Gasteiger partial charge in [0.05, 0.1) is 6.04 Å². The molecule has 0 radical (unpaired) electrons. The van der Waals surface area contributed by atoms with Gasteiger partial charge in [0, 0.05) is 5.56 Å². The highest BCUT2D eigenvalue weighted by molar-refractivity contribution is 5.85. The lowest BCUT2D eigenvalue weighted by Crippen LogP contribution is -2.53. The zero-order valence-corrected chi connectivity index (χ0v) is 11.0. The zero-order chi connectivity index (χ0) is 14.6. The summed E-state index contributed by atoms with van der Waals surface area (Å²) in [6.07, 6.45) is 0. The van der Waals surface area contributed by atoms with E-state index in [-0.39, 0.29) is 0 Å². The van der Waals surface area contributed by atoms with E-state index < -0.39 is 29.4 Å². The molecule has 1 atom stereocenters. The van der Waals surface area contributed by atoms with Gasteiger partial charge in [0.25, 0.3) is 0 Å². The lowest BCUT2D eigenvalue weighted by Gasteiger charge is -2.23. The van der Waals surface area contributed by atoms with E-state index in [4.69, 9.17) is 5.11 Å². The Morgan fingerprint density at radius 2 is 1.89 bits per heavy atom. The molecule has 1 rings (SSSR count). The average Bonchev–Trinajstić information content (AvgIpc) is 2.28. The summed E-state index contributed by atoms with van der Waals surface area (Å²) in [7, 11) is 0. The SMILES string of the molecule is CC(NC(=O)NC(C)(C)C(=O)O)c1ccccc1F. The van der Waals surface area contributed by atoms with Crippen LogP contribution in [0, 0.1) is 5.82 Å². The van der Waals surface area contributed by atoms with Crippen LogP contribution >= 0.6 is 0 Å². The first-order chi connectivity index (χ1) is 8.74. The second-order valence-corrected chi connectivity index (χ2v) is 4.77. The molecular weight excluding hydrogens is 251 g/mol. The van der Waals surface area contributed by atoms with Crippen molar-refractivity contribution in [3.05, 3.63) is 35.6 Å². The highest BCUT2D eigenvalue weighted by Crippen LogP contribution is 2.16. The molecule has 6 heteroatoms. The van der Waals surface area contributed by atoms with E-state index in [0.29, 0.717) is 5.56 Å². The van der Waals surface area contributed by atoms with Crippen LogP contribution in [0.4, 0.5) is 9.18 Å². The van der Waals surface area contributed by atoms with E-state index in [1.54, 1.807) is 25.1 Å². The first-order valence-corrected chi connectivity index (χ1v) is 5.80. The standard InChI is InChI=1S/C13H17FN2O3/c1-8(9-6-4-5-7-10(9)14)15-12(19)16-13(2,3)11(17)18/h4-8H,1-3H3,(H,17,18)(H2,15,16,19). The van der Waals surface area contributed by atoms with Crippen LogP contribution in [0.1, 0.15) is 32.4 Å². The lowest BCUT2D eigenvalue weighted by molar-refractivity contribution is -0.142. The summed E-state index contributed by atoms with van der Waals surface area (Å²) in [4.78, 5) is 22.5. The van der Waals surface area contributed by atoms with Crippen molar-refractivity contribution in [1.29, 1.82) is 0 Å². The number of benzene rings is 1. The molecule has 1 aromatic rings. The third kappa shape index (κ3) is 3.94. The van der Waals surface area contributed by atoms with Gasteiger partial charge in [-0.3, -0.25) is 0 Å². The van der Waals surface area contributed by atoms with Crippen molar-refractivity contribution in [3.8, 4) is 0 Å². The summed E-state index contributed by atoms with van der Waals surface area (Å²) in [6, 6.07) is 4.85. The number of halogens is 1. The maximum absolute atomic E-state index is 13.5. The molecule has 1 aromatic carbocycles. The molecule has 2 amide bonds. The fourth-order valence-electron chi connectivity index (χ4n) is 1.47. The van der Waals surface area contributed by atoms with Gasteiger partial charge in [0.15, 0.2) is 0 Å². The Kier molecular flexibility index (Phi) is 4.47. The highest BCUT2D eigenvalue weighted by Gasteiger charge is 2.29. The fourth-order valence-corrected chi connectivity index (χ4v) is 1.47. The van der Waals surface area contributed by atoms with Crippen molar-refractivity contribution < 1.29 is 19.1 Å². The summed E-state index contributed by atoms with van der Waals surface area (Å²) in [5.74, 6) is -1.58. The Labute approximate surface area is 110 Å². The third-order valence-corrected chi connectivity index (χ3v) is 2.68. The number of aliphatic carboxylic acids is 1. The number of amides is 2. The van der Waals surface area contributed by atoms with Crippen molar-refractivity contribution in [2.45, 2.75) is 32.4 Å². The number of hydrogen-bond donors (Lipinski definition) is 3. The van der Waals surface area contributed by atoms with E-state index >= 15 is 0 Å². The van der Waals surface area contributed by atoms with Crippen LogP contribution in [0.25, 0.3) is 0 Å². The van der Waals surface area contributed by atoms with Crippen LogP contribution in [0.3, 0.4) is 0 Å². The van der Waals surface area contributed by atoms with Crippen molar-refractivity contribution >= 4 is 12.0 Å². The Morgan fingerprint density at radius 3 is 2.42 bits per heavy atom. The van der Waals surface area contributed by atoms with Gasteiger partial charge in [-0.1, -0.05) is 18.2 Å². The summed E-state index contributed by atoms with van der Waals surface area (Å²) in [5, 5.41) is 13.7. The van der Waals surface area contributed by atoms with Gasteiger partial charge in [-0.15, -0.1) is 0 Å². The van der Waals surface area contributed by atoms with E-state index in [1.165, 1.54) is 19.9 Å². The number of nitrogens with one attached hydrogen (secondary N) is 2. The smallest absolute Gasteiger partial charge is 0.328 e. The second kappa shape index (κ2) is 5.69. The van der Waals surface area contributed by atoms with Gasteiger partial charge >= 0.3 is 12.0 Å². The number of carbonyl (C=O) groups excluding carboxylic acids is 1. The molecule has 0 bridgehead atoms. The third-order valence-electron chi connectivity index (χ3n) is 2.68. The normalized spacial score (nSPS) is 12.6. The largest absolute Gasteiger partial charge is 0.480 e. The average molecular weight is 268 g/mol. The Morgan fingerprint density at radius 1 is 1.32 bits per heavy atom. The van der Waals surface area contributed by atoms with E-state index in [1.807, 2.05) is 0 Å². The summed E-state index contributed by atoms with van der Waals surface area (Å²) >= 11 is 0. The fraction of sp³-hybridized carbons (Fsp3) is 0.385. The quantitative estimate of drug-likeness (QED) is 0.782. The number of carboxylic acid groups (broad SMARTS) is 1. The molecule has 104 valence electrons. The number of carboxylic acids is 1. The van der Waals surface area contributed by atoms with E-state index in [0.717, 1.165) is 0 Å². The second-order valence-electron chi connectivity index (χ2n) is 4.77. The highest BCUT2D eigenvalue weighted by atomic mass is 19.1. The molecule has 0 aliphatic rings. The molecule has 0 saturated carbocycles. The van der Waals surface area contributed by atoms with Crippen molar-refractivity contribution in [2.75, 3.05) is 0 Å². The molecule has 0 spiro atoms. The van der Waals surface area contributed by atoms with Crippen LogP contribution in [0.15, 0.2) is 24.3 Å². The minimum atomic E-state index is -1.39. The molecule has 0 aromatic heterocycles. The lowest BCUT2D eigenvalue weighted by atomic mass is 10.1. The Balaban J connectivity index is 2.68. The maximum Gasteiger partial charge on any atom is 0.328 e. The van der Waals surface area contributed by atoms with Crippen molar-refractivity contribution in [2.24, 2.45) is 0 Å². The predicted molar refractivity (Wildman–Crippen MR) is 68.2 cm³/mol. The molecule has 0 aliphatic heterocycles. The van der Waals surface area contributed by atoms with Crippen molar-refractivity contribution in [1.82, 2.24) is 10.6 Å². The predicted octanol–water partition coefficient (Wildman–Crippen LogP) is 2.05. The summed E-state index contributed by atoms with van der Waals surface area (Å²) in [5.41, 5.74) is -1.05. The first kappa shape index (κ1) is 14.9. The van der Waals surface area contributed by atoms with Crippen LogP contribution in [-0.2, 0) is 4.79 Å². The minimum absolute atomic E-state index is 0.339. The maximum atomic E-state index is 13.5. The van der Waals surface area contributed by atoms with Crippen LogP contribution in [0.5, 0.6) is 0 Å². The van der Waals surface area contributed by atoms with E-state index in [9.17, 15) is 14.0 Å². The van der Waals surface area contributed by atoms with Gasteiger partial charge in [-0.05, 0) is 26.8 Å². The first-order valence-electron chi connectivity index (χ1n) is 5.80. The van der Waals surface area contributed by atoms with Crippen LogP contribution in [0.2, 0.25) is 0 Å². The monoisotopic (exact) mass is 268 g/mol. The van der Waals surface area contributed by atoms with Gasteiger partial charge < -0.3 is 15.7 Å². The Bertz CT molecular complexity index is 489. The van der Waals surface area contributed by atoms with Crippen molar-refractivity contribution in [3.63, 3.8) is 0 Å². The summed E-state index contributed by atoms with van der Waals surface area (Å²) in [6.45, 7) is 4.34. The van der Waals surface area contributed by atoms with E-state index in [2.05, 4.69) is 10.6 Å². The molecule has 19 heavy (non-hydrogen) atoms. The van der Waals surface area contributed by atoms with Gasteiger partial charge in [-0.25, -0.2) is 14.0 Å². The molecule has 1 unspecified atom stereocenters. The topological polar surface area (TPSA) is 78.4 Å². The van der Waals surface area contributed by atoms with Crippen LogP contribution in [-0.4, -0.2) is 22.6 Å².